The second kappa shape index (κ2) is 8.07. The normalized spacial score (nSPS) is 10.1. The number of rotatable bonds is 3. The first-order chi connectivity index (χ1) is 13.8. The van der Waals surface area contributed by atoms with Crippen LogP contribution in [0.1, 0.15) is 21.5 Å². The Morgan fingerprint density at radius 2 is 1.69 bits per heavy atom. The molecule has 1 heterocycles. The topological polar surface area (TPSA) is 133 Å². The molecule has 0 aliphatic heterocycles. The maximum absolute atomic E-state index is 12.3. The summed E-state index contributed by atoms with van der Waals surface area (Å²) in [5, 5.41) is 19.2. The molecule has 0 radical (unpaired) electrons. The van der Waals surface area contributed by atoms with Crippen molar-refractivity contribution in [3.8, 4) is 29.0 Å². The quantitative estimate of drug-likeness (QED) is 0.483. The van der Waals surface area contributed by atoms with Gasteiger partial charge >= 0.3 is 5.97 Å². The van der Waals surface area contributed by atoms with Crippen molar-refractivity contribution < 1.29 is 9.53 Å². The van der Waals surface area contributed by atoms with E-state index in [-0.39, 0.29) is 38.8 Å². The zero-order valence-electron chi connectivity index (χ0n) is 14.5. The van der Waals surface area contributed by atoms with E-state index < -0.39 is 11.5 Å². The van der Waals surface area contributed by atoms with Crippen molar-refractivity contribution in [3.05, 3.63) is 79.6 Å². The van der Waals surface area contributed by atoms with Crippen molar-refractivity contribution in [2.75, 3.05) is 5.73 Å². The molecule has 29 heavy (non-hydrogen) atoms. The number of hydrogen-bond donors (Lipinski definition) is 2. The molecule has 3 aromatic rings. The summed E-state index contributed by atoms with van der Waals surface area (Å²) in [5.74, 6) is -0.630. The Bertz CT molecular complexity index is 1270. The van der Waals surface area contributed by atoms with Crippen LogP contribution in [0.5, 0.6) is 5.75 Å². The van der Waals surface area contributed by atoms with Gasteiger partial charge in [-0.3, -0.25) is 4.79 Å². The van der Waals surface area contributed by atoms with E-state index in [0.29, 0.717) is 10.6 Å². The number of benzene rings is 2. The maximum atomic E-state index is 12.3. The van der Waals surface area contributed by atoms with Gasteiger partial charge in [0.1, 0.15) is 34.8 Å². The highest BCUT2D eigenvalue weighted by Crippen LogP contribution is 2.30. The number of nitriles is 2. The number of halogens is 2. The lowest BCUT2D eigenvalue weighted by Crippen LogP contribution is -2.16. The molecule has 3 N–H and O–H groups in total. The molecule has 0 unspecified atom stereocenters. The van der Waals surface area contributed by atoms with Crippen molar-refractivity contribution in [1.29, 1.82) is 10.5 Å². The number of carbonyl (C=O) groups is 1. The number of aromatic amines is 1. The third kappa shape index (κ3) is 3.92. The number of carbonyl (C=O) groups excluding carboxylic acids is 1. The van der Waals surface area contributed by atoms with Crippen LogP contribution in [0.25, 0.3) is 11.1 Å². The van der Waals surface area contributed by atoms with E-state index in [1.54, 1.807) is 6.07 Å². The molecule has 7 nitrogen and oxygen atoms in total. The van der Waals surface area contributed by atoms with Crippen LogP contribution < -0.4 is 16.0 Å². The molecule has 0 fully saturated rings. The Morgan fingerprint density at radius 1 is 1.03 bits per heavy atom. The molecule has 0 saturated carbocycles. The fourth-order valence-corrected chi connectivity index (χ4v) is 3.12. The average molecular weight is 425 g/mol. The van der Waals surface area contributed by atoms with Gasteiger partial charge in [-0.15, -0.1) is 0 Å². The number of nitrogens with two attached hydrogens (primary N) is 1. The summed E-state index contributed by atoms with van der Waals surface area (Å²) < 4.78 is 5.28. The standard InChI is InChI=1S/C20H10Cl2N4O3/c21-11-3-6-13(16(22)7-11)20(28)29-12-4-1-10(2-5-12)17-14(8-23)18(25)26-19(27)15(17)9-24/h1-7H,(H3,25,26,27). The number of nitrogens with one attached hydrogen (secondary N) is 1. The number of nitrogen functional groups attached to an aromatic ring is 1. The first kappa shape index (κ1) is 20.0. The molecule has 1 aromatic heterocycles. The predicted octanol–water partition coefficient (Wildman–Crippen LogP) is 3.89. The summed E-state index contributed by atoms with van der Waals surface area (Å²) in [4.78, 5) is 26.6. The lowest BCUT2D eigenvalue weighted by molar-refractivity contribution is 0.0735. The predicted molar refractivity (Wildman–Crippen MR) is 108 cm³/mol. The molecule has 0 saturated heterocycles. The summed E-state index contributed by atoms with van der Waals surface area (Å²) in [5.41, 5.74) is 5.36. The number of aromatic nitrogens is 1. The van der Waals surface area contributed by atoms with Crippen LogP contribution in [-0.2, 0) is 0 Å². The molecule has 0 atom stereocenters. The minimum Gasteiger partial charge on any atom is -0.423 e. The van der Waals surface area contributed by atoms with Crippen LogP contribution in [0.3, 0.4) is 0 Å². The van der Waals surface area contributed by atoms with Gasteiger partial charge in [-0.1, -0.05) is 35.3 Å². The Balaban J connectivity index is 1.96. The highest BCUT2D eigenvalue weighted by Gasteiger charge is 2.19. The van der Waals surface area contributed by atoms with E-state index in [9.17, 15) is 20.1 Å². The van der Waals surface area contributed by atoms with Crippen molar-refractivity contribution >= 4 is 35.0 Å². The average Bonchev–Trinajstić information content (AvgIpc) is 2.68. The maximum Gasteiger partial charge on any atom is 0.345 e. The Labute approximate surface area is 174 Å². The van der Waals surface area contributed by atoms with Crippen LogP contribution in [0, 0.1) is 22.7 Å². The van der Waals surface area contributed by atoms with Gasteiger partial charge in [0, 0.05) is 10.6 Å². The summed E-state index contributed by atoms with van der Waals surface area (Å²) in [7, 11) is 0. The lowest BCUT2D eigenvalue weighted by Gasteiger charge is -2.10. The molecular weight excluding hydrogens is 415 g/mol. The van der Waals surface area contributed by atoms with Crippen molar-refractivity contribution in [2.45, 2.75) is 0 Å². The monoisotopic (exact) mass is 424 g/mol. The summed E-state index contributed by atoms with van der Waals surface area (Å²) in [6, 6.07) is 14.0. The third-order valence-corrected chi connectivity index (χ3v) is 4.52. The van der Waals surface area contributed by atoms with Crippen molar-refractivity contribution in [1.82, 2.24) is 4.98 Å². The van der Waals surface area contributed by atoms with Gasteiger partial charge in [0.25, 0.3) is 5.56 Å². The highest BCUT2D eigenvalue weighted by molar-refractivity contribution is 6.36. The van der Waals surface area contributed by atoms with Crippen LogP contribution in [0.4, 0.5) is 5.82 Å². The van der Waals surface area contributed by atoms with Gasteiger partial charge in [0.05, 0.1) is 10.6 Å². The molecule has 142 valence electrons. The Kier molecular flexibility index (Phi) is 5.56. The molecule has 0 aliphatic carbocycles. The minimum atomic E-state index is -0.702. The molecule has 3 rings (SSSR count). The number of esters is 1. The van der Waals surface area contributed by atoms with Gasteiger partial charge in [-0.05, 0) is 35.9 Å². The van der Waals surface area contributed by atoms with Crippen molar-refractivity contribution in [2.24, 2.45) is 0 Å². The van der Waals surface area contributed by atoms with E-state index in [1.165, 1.54) is 42.5 Å². The lowest BCUT2D eigenvalue weighted by atomic mass is 9.96. The number of hydrogen-bond acceptors (Lipinski definition) is 6. The second-order valence-corrected chi connectivity index (χ2v) is 6.60. The first-order valence-corrected chi connectivity index (χ1v) is 8.75. The number of anilines is 1. The van der Waals surface area contributed by atoms with E-state index in [0.717, 1.165) is 0 Å². The molecule has 0 bridgehead atoms. The zero-order valence-corrected chi connectivity index (χ0v) is 16.0. The van der Waals surface area contributed by atoms with Crippen LogP contribution in [0.15, 0.2) is 47.3 Å². The zero-order chi connectivity index (χ0) is 21.1. The molecule has 0 amide bonds. The van der Waals surface area contributed by atoms with Crippen LogP contribution in [0.2, 0.25) is 10.0 Å². The number of H-pyrrole nitrogens is 1. The van der Waals surface area contributed by atoms with E-state index in [2.05, 4.69) is 4.98 Å². The minimum absolute atomic E-state index is 0.0289. The van der Waals surface area contributed by atoms with Gasteiger partial charge < -0.3 is 15.5 Å². The largest absolute Gasteiger partial charge is 0.423 e. The number of nitrogens with zero attached hydrogens (tertiary/aromatic N) is 2. The van der Waals surface area contributed by atoms with Crippen LogP contribution >= 0.6 is 23.2 Å². The summed E-state index contributed by atoms with van der Waals surface area (Å²) in [6.45, 7) is 0. The number of ether oxygens (including phenoxy) is 1. The van der Waals surface area contributed by atoms with Gasteiger partial charge in [-0.25, -0.2) is 4.79 Å². The molecule has 0 spiro atoms. The molecule has 9 heteroatoms. The fourth-order valence-electron chi connectivity index (χ4n) is 2.64. The van der Waals surface area contributed by atoms with Gasteiger partial charge in [-0.2, -0.15) is 10.5 Å². The Morgan fingerprint density at radius 3 is 2.28 bits per heavy atom. The highest BCUT2D eigenvalue weighted by atomic mass is 35.5. The fraction of sp³-hybridized carbons (Fsp3) is 0. The Hall–Kier alpha value is -3.78. The number of pyridine rings is 1. The second-order valence-electron chi connectivity index (χ2n) is 5.75. The van der Waals surface area contributed by atoms with Gasteiger partial charge in [0.2, 0.25) is 0 Å². The first-order valence-electron chi connectivity index (χ1n) is 7.99. The van der Waals surface area contributed by atoms with E-state index in [1.807, 2.05) is 6.07 Å². The summed E-state index contributed by atoms with van der Waals surface area (Å²) >= 11 is 11.8. The van der Waals surface area contributed by atoms with Crippen molar-refractivity contribution in [3.63, 3.8) is 0 Å². The van der Waals surface area contributed by atoms with E-state index in [4.69, 9.17) is 33.7 Å². The SMILES string of the molecule is N#Cc1c(N)[nH]c(=O)c(C#N)c1-c1ccc(OC(=O)c2ccc(Cl)cc2Cl)cc1. The molecule has 2 aromatic carbocycles. The molecule has 0 aliphatic rings. The molecular formula is C20H10Cl2N4O3. The van der Waals surface area contributed by atoms with E-state index >= 15 is 0 Å². The van der Waals surface area contributed by atoms with Crippen LogP contribution in [-0.4, -0.2) is 11.0 Å². The summed E-state index contributed by atoms with van der Waals surface area (Å²) in [6.07, 6.45) is 0. The smallest absolute Gasteiger partial charge is 0.345 e. The van der Waals surface area contributed by atoms with Gasteiger partial charge in [0.15, 0.2) is 0 Å². The third-order valence-electron chi connectivity index (χ3n) is 3.97.